The molecule has 2 saturated carbocycles. The lowest BCUT2D eigenvalue weighted by molar-refractivity contribution is 0.918. The minimum Gasteiger partial charge on any atom is -0.137 e. The van der Waals surface area contributed by atoms with E-state index in [0.29, 0.717) is 22.1 Å². The lowest BCUT2D eigenvalue weighted by Gasteiger charge is -2.09. The molecule has 0 bridgehead atoms. The summed E-state index contributed by atoms with van der Waals surface area (Å²) < 4.78 is 0. The van der Waals surface area contributed by atoms with Crippen molar-refractivity contribution in [3.8, 4) is 0 Å². The van der Waals surface area contributed by atoms with Crippen molar-refractivity contribution >= 4 is 23.2 Å². The number of rotatable bonds is 2. The first kappa shape index (κ1) is 8.93. The van der Waals surface area contributed by atoms with Crippen molar-refractivity contribution in [1.82, 2.24) is 10.2 Å². The molecule has 14 heavy (non-hydrogen) atoms. The second-order valence-corrected chi connectivity index (χ2v) is 4.87. The van der Waals surface area contributed by atoms with Crippen LogP contribution in [0.5, 0.6) is 0 Å². The van der Waals surface area contributed by atoms with Crippen molar-refractivity contribution in [3.63, 3.8) is 0 Å². The highest BCUT2D eigenvalue weighted by atomic mass is 35.5. The zero-order valence-corrected chi connectivity index (χ0v) is 9.15. The van der Waals surface area contributed by atoms with Gasteiger partial charge in [0.25, 0.3) is 0 Å². The fourth-order valence-electron chi connectivity index (χ4n) is 1.94. The Bertz CT molecular complexity index is 347. The maximum atomic E-state index is 6.08. The molecule has 0 aromatic carbocycles. The van der Waals surface area contributed by atoms with Gasteiger partial charge < -0.3 is 0 Å². The molecule has 0 saturated heterocycles. The van der Waals surface area contributed by atoms with Crippen molar-refractivity contribution in [1.29, 1.82) is 0 Å². The van der Waals surface area contributed by atoms with Crippen LogP contribution in [0.15, 0.2) is 0 Å². The van der Waals surface area contributed by atoms with Gasteiger partial charge in [0.05, 0.1) is 0 Å². The Morgan fingerprint density at radius 1 is 0.786 bits per heavy atom. The molecule has 3 rings (SSSR count). The normalized spacial score (nSPS) is 21.3. The molecule has 2 aliphatic carbocycles. The van der Waals surface area contributed by atoms with Gasteiger partial charge in [0.1, 0.15) is 0 Å². The molecular formula is C10H10Cl2N2. The van der Waals surface area contributed by atoms with E-state index in [2.05, 4.69) is 10.2 Å². The predicted molar refractivity (Wildman–Crippen MR) is 56.0 cm³/mol. The third kappa shape index (κ3) is 1.41. The first-order chi connectivity index (χ1) is 6.77. The fraction of sp³-hybridized carbons (Fsp3) is 0.600. The summed E-state index contributed by atoms with van der Waals surface area (Å²) in [6.07, 6.45) is 4.89. The van der Waals surface area contributed by atoms with Gasteiger partial charge in [0.2, 0.25) is 0 Å². The third-order valence-electron chi connectivity index (χ3n) is 2.93. The molecule has 0 spiro atoms. The van der Waals surface area contributed by atoms with Gasteiger partial charge in [-0.2, -0.15) is 0 Å². The summed E-state index contributed by atoms with van der Waals surface area (Å²) in [6.45, 7) is 0. The average Bonchev–Trinajstić information content (AvgIpc) is 3.02. The van der Waals surface area contributed by atoms with Gasteiger partial charge in [-0.05, 0) is 37.5 Å². The molecule has 2 aliphatic rings. The van der Waals surface area contributed by atoms with Crippen LogP contribution >= 0.6 is 23.2 Å². The Labute approximate surface area is 92.6 Å². The summed E-state index contributed by atoms with van der Waals surface area (Å²) in [5, 5.41) is 8.93. The predicted octanol–water partition coefficient (Wildman–Crippen LogP) is 3.54. The minimum absolute atomic E-state index is 0.568. The van der Waals surface area contributed by atoms with Crippen LogP contribution in [-0.2, 0) is 0 Å². The topological polar surface area (TPSA) is 25.8 Å². The molecule has 0 N–H and O–H groups in total. The van der Waals surface area contributed by atoms with E-state index in [9.17, 15) is 0 Å². The Balaban J connectivity index is 2.15. The number of nitrogens with zero attached hydrogens (tertiary/aromatic N) is 2. The first-order valence-electron chi connectivity index (χ1n) is 4.99. The third-order valence-corrected chi connectivity index (χ3v) is 3.49. The summed E-state index contributed by atoms with van der Waals surface area (Å²) in [5.41, 5.74) is 2.38. The average molecular weight is 229 g/mol. The van der Waals surface area contributed by atoms with E-state index in [1.54, 1.807) is 0 Å². The Kier molecular flexibility index (Phi) is 1.96. The molecule has 74 valence electrons. The van der Waals surface area contributed by atoms with Crippen LogP contribution in [0.3, 0.4) is 0 Å². The van der Waals surface area contributed by atoms with Crippen LogP contribution in [0.4, 0.5) is 0 Å². The zero-order chi connectivity index (χ0) is 9.71. The van der Waals surface area contributed by atoms with E-state index < -0.39 is 0 Å². The van der Waals surface area contributed by atoms with Crippen molar-refractivity contribution < 1.29 is 0 Å². The van der Waals surface area contributed by atoms with E-state index in [4.69, 9.17) is 23.2 Å². The molecule has 1 aromatic heterocycles. The number of hydrogen-bond acceptors (Lipinski definition) is 2. The van der Waals surface area contributed by atoms with Crippen molar-refractivity contribution in [2.45, 2.75) is 37.5 Å². The van der Waals surface area contributed by atoms with Crippen molar-refractivity contribution in [3.05, 3.63) is 21.4 Å². The highest BCUT2D eigenvalue weighted by molar-refractivity contribution is 6.32. The van der Waals surface area contributed by atoms with Gasteiger partial charge in [-0.1, -0.05) is 23.2 Å². The zero-order valence-electron chi connectivity index (χ0n) is 7.63. The number of aromatic nitrogens is 2. The maximum absolute atomic E-state index is 6.08. The Hall–Kier alpha value is -0.340. The summed E-state index contributed by atoms with van der Waals surface area (Å²) >= 11 is 12.2. The van der Waals surface area contributed by atoms with Crippen LogP contribution < -0.4 is 0 Å². The quantitative estimate of drug-likeness (QED) is 0.775. The standard InChI is InChI=1S/C10H10Cl2N2/c11-9-7(5-1-2-5)8(6-3-4-6)10(12)14-13-9/h5-6H,1-4H2. The van der Waals surface area contributed by atoms with E-state index in [-0.39, 0.29) is 0 Å². The first-order valence-corrected chi connectivity index (χ1v) is 5.74. The van der Waals surface area contributed by atoms with Gasteiger partial charge >= 0.3 is 0 Å². The second kappa shape index (κ2) is 3.07. The van der Waals surface area contributed by atoms with Crippen LogP contribution in [0.1, 0.15) is 48.6 Å². The van der Waals surface area contributed by atoms with Crippen LogP contribution in [0, 0.1) is 0 Å². The van der Waals surface area contributed by atoms with Crippen molar-refractivity contribution in [2.75, 3.05) is 0 Å². The maximum Gasteiger partial charge on any atom is 0.155 e. The van der Waals surface area contributed by atoms with Crippen molar-refractivity contribution in [2.24, 2.45) is 0 Å². The molecule has 2 fully saturated rings. The largest absolute Gasteiger partial charge is 0.155 e. The minimum atomic E-state index is 0.568. The lowest BCUT2D eigenvalue weighted by Crippen LogP contribution is -1.98. The fourth-order valence-corrected chi connectivity index (χ4v) is 2.53. The molecule has 0 aliphatic heterocycles. The van der Waals surface area contributed by atoms with E-state index in [0.717, 1.165) is 0 Å². The van der Waals surface area contributed by atoms with E-state index in [1.807, 2.05) is 0 Å². The van der Waals surface area contributed by atoms with E-state index in [1.165, 1.54) is 36.8 Å². The highest BCUT2D eigenvalue weighted by Crippen LogP contribution is 2.52. The molecular weight excluding hydrogens is 219 g/mol. The highest BCUT2D eigenvalue weighted by Gasteiger charge is 2.37. The second-order valence-electron chi connectivity index (χ2n) is 4.16. The monoisotopic (exact) mass is 228 g/mol. The molecule has 1 aromatic rings. The summed E-state index contributed by atoms with van der Waals surface area (Å²) in [5.74, 6) is 1.21. The van der Waals surface area contributed by atoms with Gasteiger partial charge in [-0.3, -0.25) is 0 Å². The van der Waals surface area contributed by atoms with Crippen LogP contribution in [0.2, 0.25) is 10.3 Å². The van der Waals surface area contributed by atoms with Gasteiger partial charge in [0, 0.05) is 11.1 Å². The van der Waals surface area contributed by atoms with Gasteiger partial charge in [0.15, 0.2) is 10.3 Å². The molecule has 2 nitrogen and oxygen atoms in total. The van der Waals surface area contributed by atoms with Gasteiger partial charge in [-0.15, -0.1) is 10.2 Å². The number of halogens is 2. The summed E-state index contributed by atoms with van der Waals surface area (Å²) in [7, 11) is 0. The lowest BCUT2D eigenvalue weighted by atomic mass is 10.0. The molecule has 4 heteroatoms. The summed E-state index contributed by atoms with van der Waals surface area (Å²) in [4.78, 5) is 0. The molecule has 0 unspecified atom stereocenters. The van der Waals surface area contributed by atoms with Crippen LogP contribution in [-0.4, -0.2) is 10.2 Å². The van der Waals surface area contributed by atoms with E-state index >= 15 is 0 Å². The molecule has 0 radical (unpaired) electrons. The molecule has 0 atom stereocenters. The molecule has 0 amide bonds. The SMILES string of the molecule is Clc1nnc(Cl)c(C2CC2)c1C1CC1. The summed E-state index contributed by atoms with van der Waals surface area (Å²) in [6, 6.07) is 0. The number of hydrogen-bond donors (Lipinski definition) is 0. The Morgan fingerprint density at radius 3 is 1.43 bits per heavy atom. The van der Waals surface area contributed by atoms with Gasteiger partial charge in [-0.25, -0.2) is 0 Å². The van der Waals surface area contributed by atoms with Crippen LogP contribution in [0.25, 0.3) is 0 Å². The molecule has 1 heterocycles. The smallest absolute Gasteiger partial charge is 0.137 e. The Morgan fingerprint density at radius 2 is 1.14 bits per heavy atom.